The minimum atomic E-state index is -0.888. The Labute approximate surface area is 124 Å². The van der Waals surface area contributed by atoms with Crippen molar-refractivity contribution in [2.75, 3.05) is 11.9 Å². The molecule has 0 aromatic heterocycles. The van der Waals surface area contributed by atoms with Crippen molar-refractivity contribution in [3.63, 3.8) is 0 Å². The topological polar surface area (TPSA) is 12.0 Å². The molecule has 1 aromatic rings. The van der Waals surface area contributed by atoms with E-state index in [0.29, 0.717) is 35.9 Å². The normalized spacial score (nSPS) is 23.1. The van der Waals surface area contributed by atoms with Crippen molar-refractivity contribution in [3.05, 3.63) is 29.6 Å². The van der Waals surface area contributed by atoms with Crippen molar-refractivity contribution in [3.8, 4) is 0 Å². The van der Waals surface area contributed by atoms with Crippen molar-refractivity contribution < 1.29 is 13.2 Å². The number of rotatable bonds is 3. The molecule has 0 bridgehead atoms. The largest absolute Gasteiger partial charge is 0.380 e. The molecule has 2 rings (SSSR count). The molecule has 0 heterocycles. The van der Waals surface area contributed by atoms with Crippen molar-refractivity contribution >= 4 is 5.69 Å². The fraction of sp³-hybridized carbons (Fsp3) is 0.647. The van der Waals surface area contributed by atoms with Crippen LogP contribution in [0.3, 0.4) is 0 Å². The highest BCUT2D eigenvalue weighted by molar-refractivity contribution is 5.46. The van der Waals surface area contributed by atoms with Gasteiger partial charge >= 0.3 is 0 Å². The second-order valence-corrected chi connectivity index (χ2v) is 7.21. The molecule has 0 unspecified atom stereocenters. The second-order valence-electron chi connectivity index (χ2n) is 7.21. The fourth-order valence-corrected chi connectivity index (χ4v) is 3.19. The van der Waals surface area contributed by atoms with E-state index in [0.717, 1.165) is 25.7 Å². The van der Waals surface area contributed by atoms with Gasteiger partial charge < -0.3 is 5.32 Å². The highest BCUT2D eigenvalue weighted by atomic mass is 19.1. The van der Waals surface area contributed by atoms with Gasteiger partial charge in [0.15, 0.2) is 11.6 Å². The second kappa shape index (κ2) is 6.29. The number of anilines is 1. The van der Waals surface area contributed by atoms with E-state index in [9.17, 15) is 13.2 Å². The van der Waals surface area contributed by atoms with Gasteiger partial charge in [-0.1, -0.05) is 20.8 Å². The van der Waals surface area contributed by atoms with E-state index < -0.39 is 17.5 Å². The van der Waals surface area contributed by atoms with Crippen molar-refractivity contribution in [2.45, 2.75) is 46.5 Å². The summed E-state index contributed by atoms with van der Waals surface area (Å²) in [6, 6.07) is 1.42. The SMILES string of the molecule is CC(C)(C)C1CCC(CNc2c(F)cc(F)cc2F)CC1. The Morgan fingerprint density at radius 1 is 1.00 bits per heavy atom. The van der Waals surface area contributed by atoms with E-state index >= 15 is 0 Å². The summed E-state index contributed by atoms with van der Waals surface area (Å²) in [7, 11) is 0. The van der Waals surface area contributed by atoms with Crippen molar-refractivity contribution in [1.82, 2.24) is 0 Å². The molecule has 1 saturated carbocycles. The van der Waals surface area contributed by atoms with Gasteiger partial charge in [-0.15, -0.1) is 0 Å². The maximum atomic E-state index is 13.5. The van der Waals surface area contributed by atoms with E-state index in [2.05, 4.69) is 26.1 Å². The van der Waals surface area contributed by atoms with Gasteiger partial charge in [-0.25, -0.2) is 13.2 Å². The van der Waals surface area contributed by atoms with Gasteiger partial charge in [0.25, 0.3) is 0 Å². The van der Waals surface area contributed by atoms with E-state index in [4.69, 9.17) is 0 Å². The molecule has 21 heavy (non-hydrogen) atoms. The molecular weight excluding hydrogens is 275 g/mol. The van der Waals surface area contributed by atoms with Crippen LogP contribution in [0.4, 0.5) is 18.9 Å². The molecule has 0 atom stereocenters. The Morgan fingerprint density at radius 3 is 2.00 bits per heavy atom. The number of benzene rings is 1. The average Bonchev–Trinajstić information content (AvgIpc) is 2.37. The van der Waals surface area contributed by atoms with E-state index in [1.165, 1.54) is 0 Å². The maximum Gasteiger partial charge on any atom is 0.152 e. The first-order valence-corrected chi connectivity index (χ1v) is 7.66. The van der Waals surface area contributed by atoms with Gasteiger partial charge in [-0.2, -0.15) is 0 Å². The quantitative estimate of drug-likeness (QED) is 0.791. The summed E-state index contributed by atoms with van der Waals surface area (Å²) in [5.74, 6) is -1.48. The molecular formula is C17H24F3N. The van der Waals surface area contributed by atoms with Crippen LogP contribution in [0.5, 0.6) is 0 Å². The zero-order valence-electron chi connectivity index (χ0n) is 13.0. The Balaban J connectivity index is 1.88. The predicted octanol–water partition coefficient (Wildman–Crippen LogP) is 5.37. The first kappa shape index (κ1) is 16.2. The van der Waals surface area contributed by atoms with Crippen LogP contribution < -0.4 is 5.32 Å². The highest BCUT2D eigenvalue weighted by Gasteiger charge is 2.29. The van der Waals surface area contributed by atoms with Crippen LogP contribution in [0.15, 0.2) is 12.1 Å². The molecule has 1 aromatic carbocycles. The Morgan fingerprint density at radius 2 is 1.52 bits per heavy atom. The van der Waals surface area contributed by atoms with Crippen LogP contribution in [0.1, 0.15) is 46.5 Å². The molecule has 1 N–H and O–H groups in total. The molecule has 4 heteroatoms. The molecule has 1 aliphatic rings. The van der Waals surface area contributed by atoms with Crippen LogP contribution in [-0.2, 0) is 0 Å². The summed E-state index contributed by atoms with van der Waals surface area (Å²) in [5.41, 5.74) is 0.113. The number of hydrogen-bond acceptors (Lipinski definition) is 1. The maximum absolute atomic E-state index is 13.5. The average molecular weight is 299 g/mol. The summed E-state index contributed by atoms with van der Waals surface area (Å²) in [4.78, 5) is 0. The Hall–Kier alpha value is -1.19. The fourth-order valence-electron chi connectivity index (χ4n) is 3.19. The van der Waals surface area contributed by atoms with Gasteiger partial charge in [0.2, 0.25) is 0 Å². The molecule has 0 radical (unpaired) electrons. The minimum Gasteiger partial charge on any atom is -0.380 e. The lowest BCUT2D eigenvalue weighted by Gasteiger charge is -2.37. The van der Waals surface area contributed by atoms with Gasteiger partial charge in [-0.3, -0.25) is 0 Å². The van der Waals surface area contributed by atoms with E-state index in [-0.39, 0.29) is 5.69 Å². The summed E-state index contributed by atoms with van der Waals surface area (Å²) in [6.45, 7) is 7.33. The van der Waals surface area contributed by atoms with Gasteiger partial charge in [0, 0.05) is 18.7 Å². The monoisotopic (exact) mass is 299 g/mol. The third-order valence-corrected chi connectivity index (χ3v) is 4.65. The first-order valence-electron chi connectivity index (χ1n) is 7.66. The lowest BCUT2D eigenvalue weighted by Crippen LogP contribution is -2.28. The van der Waals surface area contributed by atoms with Crippen LogP contribution in [0.2, 0.25) is 0 Å². The molecule has 0 aliphatic heterocycles. The molecule has 1 aliphatic carbocycles. The summed E-state index contributed by atoms with van der Waals surface area (Å²) in [5, 5.41) is 2.82. The Bertz CT molecular complexity index is 462. The summed E-state index contributed by atoms with van der Waals surface area (Å²) >= 11 is 0. The summed E-state index contributed by atoms with van der Waals surface area (Å²) in [6.07, 6.45) is 4.45. The minimum absolute atomic E-state index is 0.214. The van der Waals surface area contributed by atoms with Crippen LogP contribution in [0.25, 0.3) is 0 Å². The standard InChI is InChI=1S/C17H24F3N/c1-17(2,3)12-6-4-11(5-7-12)10-21-16-14(19)8-13(18)9-15(16)20/h8-9,11-12,21H,4-7,10H2,1-3H3. The van der Waals surface area contributed by atoms with Gasteiger partial charge in [0.1, 0.15) is 11.5 Å². The summed E-state index contributed by atoms with van der Waals surface area (Å²) < 4.78 is 39.9. The molecule has 0 spiro atoms. The van der Waals surface area contributed by atoms with Crippen LogP contribution in [-0.4, -0.2) is 6.54 Å². The van der Waals surface area contributed by atoms with Crippen molar-refractivity contribution in [2.24, 2.45) is 17.3 Å². The molecule has 118 valence electrons. The number of hydrogen-bond donors (Lipinski definition) is 1. The third kappa shape index (κ3) is 4.14. The Kier molecular flexibility index (Phi) is 4.84. The van der Waals surface area contributed by atoms with Gasteiger partial charge in [0.05, 0.1) is 0 Å². The molecule has 1 nitrogen and oxygen atoms in total. The third-order valence-electron chi connectivity index (χ3n) is 4.65. The van der Waals surface area contributed by atoms with Crippen molar-refractivity contribution in [1.29, 1.82) is 0 Å². The highest BCUT2D eigenvalue weighted by Crippen LogP contribution is 2.39. The van der Waals surface area contributed by atoms with Crippen LogP contribution in [0, 0.1) is 34.7 Å². The van der Waals surface area contributed by atoms with Gasteiger partial charge in [-0.05, 0) is 42.9 Å². The first-order chi connectivity index (χ1) is 9.77. The lowest BCUT2D eigenvalue weighted by molar-refractivity contribution is 0.153. The lowest BCUT2D eigenvalue weighted by atomic mass is 9.70. The predicted molar refractivity (Wildman–Crippen MR) is 79.7 cm³/mol. The van der Waals surface area contributed by atoms with Crippen LogP contribution >= 0.6 is 0 Å². The molecule has 1 fully saturated rings. The number of halogens is 3. The smallest absolute Gasteiger partial charge is 0.152 e. The molecule has 0 saturated heterocycles. The molecule has 0 amide bonds. The zero-order valence-corrected chi connectivity index (χ0v) is 13.0. The van der Waals surface area contributed by atoms with E-state index in [1.54, 1.807) is 0 Å². The number of nitrogens with one attached hydrogen (secondary N) is 1. The van der Waals surface area contributed by atoms with E-state index in [1.807, 2.05) is 0 Å². The zero-order chi connectivity index (χ0) is 15.6.